The van der Waals surface area contributed by atoms with Crippen molar-refractivity contribution < 1.29 is 13.2 Å². The van der Waals surface area contributed by atoms with Crippen LogP contribution < -0.4 is 5.32 Å². The topological polar surface area (TPSA) is 69.7 Å². The van der Waals surface area contributed by atoms with Crippen LogP contribution in [-0.4, -0.2) is 50.1 Å². The quantitative estimate of drug-likeness (QED) is 0.909. The molecule has 6 nitrogen and oxygen atoms in total. The normalized spacial score (nSPS) is 19.8. The van der Waals surface area contributed by atoms with E-state index in [1.807, 2.05) is 32.0 Å². The van der Waals surface area contributed by atoms with E-state index in [1.165, 1.54) is 28.3 Å². The zero-order chi connectivity index (χ0) is 17.2. The summed E-state index contributed by atoms with van der Waals surface area (Å²) in [5.74, 6) is -0.438. The van der Waals surface area contributed by atoms with E-state index in [2.05, 4.69) is 5.32 Å². The molecule has 1 aromatic rings. The zero-order valence-electron chi connectivity index (χ0n) is 14.2. The van der Waals surface area contributed by atoms with Gasteiger partial charge in [0, 0.05) is 32.9 Å². The Morgan fingerprint density at radius 1 is 1.26 bits per heavy atom. The first-order valence-electron chi connectivity index (χ1n) is 7.77. The van der Waals surface area contributed by atoms with Crippen molar-refractivity contribution in [3.05, 3.63) is 29.3 Å². The van der Waals surface area contributed by atoms with Gasteiger partial charge in [-0.3, -0.25) is 4.79 Å². The molecule has 0 unspecified atom stereocenters. The Morgan fingerprint density at radius 2 is 1.96 bits per heavy atom. The molecule has 1 aromatic carbocycles. The molecule has 0 radical (unpaired) electrons. The number of carbonyl (C=O) groups excluding carboxylic acids is 1. The summed E-state index contributed by atoms with van der Waals surface area (Å²) in [5, 5.41) is 2.91. The Kier molecular flexibility index (Phi) is 5.44. The van der Waals surface area contributed by atoms with Gasteiger partial charge in [-0.15, -0.1) is 0 Å². The van der Waals surface area contributed by atoms with Crippen molar-refractivity contribution in [2.45, 2.75) is 26.7 Å². The number of amides is 1. The molecule has 1 N–H and O–H groups in total. The van der Waals surface area contributed by atoms with Crippen LogP contribution in [0.4, 0.5) is 5.69 Å². The second kappa shape index (κ2) is 6.98. The number of piperidine rings is 1. The van der Waals surface area contributed by atoms with Crippen LogP contribution in [0.25, 0.3) is 0 Å². The predicted octanol–water partition coefficient (Wildman–Crippen LogP) is 1.76. The van der Waals surface area contributed by atoms with Gasteiger partial charge in [-0.05, 0) is 49.9 Å². The molecule has 1 atom stereocenters. The predicted molar refractivity (Wildman–Crippen MR) is 91.4 cm³/mol. The molecule has 1 saturated heterocycles. The average Bonchev–Trinajstić information content (AvgIpc) is 2.51. The fourth-order valence-electron chi connectivity index (χ4n) is 2.66. The summed E-state index contributed by atoms with van der Waals surface area (Å²) in [5.41, 5.74) is 3.04. The molecule has 0 saturated carbocycles. The first kappa shape index (κ1) is 17.9. The third-order valence-corrected chi connectivity index (χ3v) is 6.22. The van der Waals surface area contributed by atoms with Crippen molar-refractivity contribution in [1.82, 2.24) is 8.61 Å². The van der Waals surface area contributed by atoms with Gasteiger partial charge in [-0.1, -0.05) is 6.07 Å². The van der Waals surface area contributed by atoms with Gasteiger partial charge in [0.2, 0.25) is 5.91 Å². The minimum absolute atomic E-state index is 0.119. The maximum absolute atomic E-state index is 12.5. The summed E-state index contributed by atoms with van der Waals surface area (Å²) < 4.78 is 27.0. The van der Waals surface area contributed by atoms with Crippen molar-refractivity contribution in [1.29, 1.82) is 0 Å². The molecule has 0 spiro atoms. The van der Waals surface area contributed by atoms with Gasteiger partial charge < -0.3 is 5.32 Å². The Bertz CT molecular complexity index is 686. The Labute approximate surface area is 138 Å². The van der Waals surface area contributed by atoms with Gasteiger partial charge in [0.25, 0.3) is 10.2 Å². The number of benzene rings is 1. The lowest BCUT2D eigenvalue weighted by atomic mass is 9.98. The van der Waals surface area contributed by atoms with Crippen LogP contribution in [0.3, 0.4) is 0 Å². The number of hydrogen-bond acceptors (Lipinski definition) is 3. The molecule has 0 bridgehead atoms. The van der Waals surface area contributed by atoms with Crippen molar-refractivity contribution in [3.63, 3.8) is 0 Å². The molecule has 128 valence electrons. The number of aryl methyl sites for hydroxylation is 2. The van der Waals surface area contributed by atoms with Gasteiger partial charge in [0.1, 0.15) is 0 Å². The highest BCUT2D eigenvalue weighted by atomic mass is 32.2. The highest BCUT2D eigenvalue weighted by molar-refractivity contribution is 7.86. The van der Waals surface area contributed by atoms with Crippen molar-refractivity contribution in [2.75, 3.05) is 32.5 Å². The van der Waals surface area contributed by atoms with E-state index < -0.39 is 10.2 Å². The van der Waals surface area contributed by atoms with E-state index in [1.54, 1.807) is 0 Å². The van der Waals surface area contributed by atoms with E-state index in [-0.39, 0.29) is 18.4 Å². The summed E-state index contributed by atoms with van der Waals surface area (Å²) in [6.07, 6.45) is 1.40. The molecule has 1 aliphatic heterocycles. The van der Waals surface area contributed by atoms with Crippen LogP contribution in [0, 0.1) is 19.8 Å². The van der Waals surface area contributed by atoms with Gasteiger partial charge in [0.05, 0.1) is 5.92 Å². The second-order valence-corrected chi connectivity index (χ2v) is 8.42. The van der Waals surface area contributed by atoms with E-state index >= 15 is 0 Å². The van der Waals surface area contributed by atoms with Crippen LogP contribution in [0.1, 0.15) is 24.0 Å². The number of carbonyl (C=O) groups is 1. The van der Waals surface area contributed by atoms with Crippen LogP contribution in [0.5, 0.6) is 0 Å². The van der Waals surface area contributed by atoms with Crippen LogP contribution in [0.15, 0.2) is 18.2 Å². The third-order valence-electron chi connectivity index (χ3n) is 4.32. The van der Waals surface area contributed by atoms with Gasteiger partial charge in [0.15, 0.2) is 0 Å². The van der Waals surface area contributed by atoms with E-state index in [9.17, 15) is 13.2 Å². The maximum atomic E-state index is 12.5. The van der Waals surface area contributed by atoms with Crippen molar-refractivity contribution >= 4 is 21.8 Å². The Balaban J connectivity index is 2.06. The number of anilines is 1. The Morgan fingerprint density at radius 3 is 2.57 bits per heavy atom. The second-order valence-electron chi connectivity index (χ2n) is 6.28. The summed E-state index contributed by atoms with van der Waals surface area (Å²) in [7, 11) is -0.449. The van der Waals surface area contributed by atoms with E-state index in [0.717, 1.165) is 11.3 Å². The monoisotopic (exact) mass is 339 g/mol. The molecule has 0 aromatic heterocycles. The molecule has 1 fully saturated rings. The fraction of sp³-hybridized carbons (Fsp3) is 0.562. The lowest BCUT2D eigenvalue weighted by Crippen LogP contribution is -2.47. The molecule has 2 rings (SSSR count). The smallest absolute Gasteiger partial charge is 0.281 e. The molecule has 0 aliphatic carbocycles. The lowest BCUT2D eigenvalue weighted by Gasteiger charge is -2.32. The fourth-order valence-corrected chi connectivity index (χ4v) is 3.85. The van der Waals surface area contributed by atoms with Gasteiger partial charge in [-0.25, -0.2) is 0 Å². The van der Waals surface area contributed by atoms with E-state index in [4.69, 9.17) is 0 Å². The van der Waals surface area contributed by atoms with Crippen molar-refractivity contribution in [3.8, 4) is 0 Å². The minimum atomic E-state index is -3.46. The minimum Gasteiger partial charge on any atom is -0.326 e. The van der Waals surface area contributed by atoms with Crippen LogP contribution in [-0.2, 0) is 15.0 Å². The largest absolute Gasteiger partial charge is 0.326 e. The van der Waals surface area contributed by atoms with Crippen LogP contribution in [0.2, 0.25) is 0 Å². The molecule has 1 heterocycles. The standard InChI is InChI=1S/C16H25N3O3S/c1-12-7-8-15(10-13(12)2)17-16(20)14-6-5-9-19(11-14)23(21,22)18(3)4/h7-8,10,14H,5-6,9,11H2,1-4H3,(H,17,20)/t14-/m0/s1. The first-order valence-corrected chi connectivity index (χ1v) is 9.17. The van der Waals surface area contributed by atoms with Crippen LogP contribution >= 0.6 is 0 Å². The summed E-state index contributed by atoms with van der Waals surface area (Å²) in [6.45, 7) is 4.72. The van der Waals surface area contributed by atoms with Gasteiger partial charge in [-0.2, -0.15) is 17.0 Å². The molecule has 1 aliphatic rings. The zero-order valence-corrected chi connectivity index (χ0v) is 15.0. The molecular formula is C16H25N3O3S. The number of nitrogens with zero attached hydrogens (tertiary/aromatic N) is 2. The SMILES string of the molecule is Cc1ccc(NC(=O)[C@H]2CCCN(S(=O)(=O)N(C)C)C2)cc1C. The van der Waals surface area contributed by atoms with E-state index in [0.29, 0.717) is 19.4 Å². The summed E-state index contributed by atoms with van der Waals surface area (Å²) >= 11 is 0. The molecule has 1 amide bonds. The van der Waals surface area contributed by atoms with Gasteiger partial charge >= 0.3 is 0 Å². The molecule has 23 heavy (non-hydrogen) atoms. The molecule has 7 heteroatoms. The highest BCUT2D eigenvalue weighted by Crippen LogP contribution is 2.22. The average molecular weight is 339 g/mol. The Hall–Kier alpha value is -1.44. The third kappa shape index (κ3) is 4.10. The lowest BCUT2D eigenvalue weighted by molar-refractivity contribution is -0.120. The summed E-state index contributed by atoms with van der Waals surface area (Å²) in [4.78, 5) is 12.5. The molecular weight excluding hydrogens is 314 g/mol. The number of nitrogens with one attached hydrogen (secondary N) is 1. The number of hydrogen-bond donors (Lipinski definition) is 1. The number of rotatable bonds is 4. The first-order chi connectivity index (χ1) is 10.7. The van der Waals surface area contributed by atoms with Crippen molar-refractivity contribution in [2.24, 2.45) is 5.92 Å². The highest BCUT2D eigenvalue weighted by Gasteiger charge is 2.33. The maximum Gasteiger partial charge on any atom is 0.281 e. The summed E-state index contributed by atoms with van der Waals surface area (Å²) in [6, 6.07) is 5.77.